The van der Waals surface area contributed by atoms with Crippen molar-refractivity contribution in [3.05, 3.63) is 30.1 Å². The van der Waals surface area contributed by atoms with E-state index >= 15 is 0 Å². The van der Waals surface area contributed by atoms with Crippen LogP contribution in [-0.2, 0) is 0 Å². The van der Waals surface area contributed by atoms with Crippen molar-refractivity contribution < 1.29 is 4.79 Å². The van der Waals surface area contributed by atoms with E-state index in [1.165, 1.54) is 0 Å². The maximum Gasteiger partial charge on any atom is 0.164 e. The Bertz CT molecular complexity index is 324. The van der Waals surface area contributed by atoms with Crippen LogP contribution in [0.1, 0.15) is 44.5 Å². The van der Waals surface area contributed by atoms with Crippen LogP contribution in [-0.4, -0.2) is 10.8 Å². The first-order valence-corrected chi connectivity index (χ1v) is 5.34. The van der Waals surface area contributed by atoms with E-state index in [1.807, 2.05) is 6.07 Å². The third-order valence-electron chi connectivity index (χ3n) is 2.95. The zero-order valence-corrected chi connectivity index (χ0v) is 9.95. The Balaban J connectivity index is 2.65. The predicted octanol–water partition coefficient (Wildman–Crippen LogP) is 3.34. The first-order chi connectivity index (χ1) is 6.91. The normalized spacial score (nSPS) is 13.6. The largest absolute Gasteiger partial charge is 0.294 e. The highest BCUT2D eigenvalue weighted by Gasteiger charge is 2.22. The number of hydrogen-bond acceptors (Lipinski definition) is 2. The summed E-state index contributed by atoms with van der Waals surface area (Å²) in [6, 6.07) is 3.62. The van der Waals surface area contributed by atoms with E-state index in [9.17, 15) is 4.79 Å². The standard InChI is InChI=1S/C13H19NO/c1-10(13(2,3)4)8-12(15)11-6-5-7-14-9-11/h5-7,9-10H,8H2,1-4H3. The fourth-order valence-electron chi connectivity index (χ4n) is 1.23. The molecule has 0 aromatic carbocycles. The van der Waals surface area contributed by atoms with E-state index in [2.05, 4.69) is 32.7 Å². The minimum absolute atomic E-state index is 0.178. The van der Waals surface area contributed by atoms with Gasteiger partial charge in [-0.05, 0) is 23.5 Å². The number of carbonyl (C=O) groups is 1. The molecule has 0 spiro atoms. The molecule has 0 aliphatic heterocycles. The topological polar surface area (TPSA) is 30.0 Å². The third-order valence-corrected chi connectivity index (χ3v) is 2.95. The summed E-state index contributed by atoms with van der Waals surface area (Å²) in [7, 11) is 0. The Morgan fingerprint density at radius 3 is 2.60 bits per heavy atom. The van der Waals surface area contributed by atoms with E-state index in [1.54, 1.807) is 18.5 Å². The molecule has 2 nitrogen and oxygen atoms in total. The Hall–Kier alpha value is -1.18. The molecule has 1 aromatic rings. The number of pyridine rings is 1. The summed E-state index contributed by atoms with van der Waals surface area (Å²) in [5.41, 5.74) is 0.895. The van der Waals surface area contributed by atoms with Crippen LogP contribution >= 0.6 is 0 Å². The van der Waals surface area contributed by atoms with Crippen LogP contribution in [0.3, 0.4) is 0 Å². The van der Waals surface area contributed by atoms with Gasteiger partial charge in [-0.15, -0.1) is 0 Å². The molecule has 0 N–H and O–H groups in total. The highest BCUT2D eigenvalue weighted by Crippen LogP contribution is 2.28. The van der Waals surface area contributed by atoms with Crippen molar-refractivity contribution in [1.82, 2.24) is 4.98 Å². The summed E-state index contributed by atoms with van der Waals surface area (Å²) in [6.07, 6.45) is 3.91. The van der Waals surface area contributed by atoms with E-state index < -0.39 is 0 Å². The molecule has 0 aliphatic rings. The van der Waals surface area contributed by atoms with Gasteiger partial charge >= 0.3 is 0 Å². The van der Waals surface area contributed by atoms with Crippen LogP contribution in [0.4, 0.5) is 0 Å². The lowest BCUT2D eigenvalue weighted by Crippen LogP contribution is -2.20. The maximum absolute atomic E-state index is 11.9. The monoisotopic (exact) mass is 205 g/mol. The van der Waals surface area contributed by atoms with E-state index in [0.717, 1.165) is 0 Å². The zero-order chi connectivity index (χ0) is 11.5. The molecule has 82 valence electrons. The number of nitrogens with zero attached hydrogens (tertiary/aromatic N) is 1. The second kappa shape index (κ2) is 4.56. The van der Waals surface area contributed by atoms with Gasteiger partial charge in [-0.2, -0.15) is 0 Å². The van der Waals surface area contributed by atoms with Crippen LogP contribution < -0.4 is 0 Å². The fourth-order valence-corrected chi connectivity index (χ4v) is 1.23. The number of hydrogen-bond donors (Lipinski definition) is 0. The Morgan fingerprint density at radius 2 is 2.13 bits per heavy atom. The van der Waals surface area contributed by atoms with Gasteiger partial charge in [0.2, 0.25) is 0 Å². The van der Waals surface area contributed by atoms with Gasteiger partial charge in [0.05, 0.1) is 0 Å². The number of aromatic nitrogens is 1. The van der Waals surface area contributed by atoms with E-state index in [4.69, 9.17) is 0 Å². The first-order valence-electron chi connectivity index (χ1n) is 5.34. The van der Waals surface area contributed by atoms with Crippen molar-refractivity contribution in [2.45, 2.75) is 34.1 Å². The van der Waals surface area contributed by atoms with E-state index in [0.29, 0.717) is 17.9 Å². The Labute approximate surface area is 91.7 Å². The smallest absolute Gasteiger partial charge is 0.164 e. The summed E-state index contributed by atoms with van der Waals surface area (Å²) >= 11 is 0. The van der Waals surface area contributed by atoms with Gasteiger partial charge in [0.25, 0.3) is 0 Å². The van der Waals surface area contributed by atoms with Crippen LogP contribution in [0, 0.1) is 11.3 Å². The predicted molar refractivity (Wildman–Crippen MR) is 61.8 cm³/mol. The van der Waals surface area contributed by atoms with Crippen molar-refractivity contribution in [1.29, 1.82) is 0 Å². The molecule has 0 bridgehead atoms. The molecule has 1 unspecified atom stereocenters. The SMILES string of the molecule is CC(CC(=O)c1cccnc1)C(C)(C)C. The van der Waals surface area contributed by atoms with Crippen molar-refractivity contribution in [3.63, 3.8) is 0 Å². The molecular weight excluding hydrogens is 186 g/mol. The Morgan fingerprint density at radius 1 is 1.47 bits per heavy atom. The van der Waals surface area contributed by atoms with Crippen molar-refractivity contribution in [2.75, 3.05) is 0 Å². The third kappa shape index (κ3) is 3.46. The second-order valence-corrected chi connectivity index (χ2v) is 5.14. The molecule has 2 heteroatoms. The van der Waals surface area contributed by atoms with Crippen LogP contribution in [0.25, 0.3) is 0 Å². The fraction of sp³-hybridized carbons (Fsp3) is 0.538. The summed E-state index contributed by atoms with van der Waals surface area (Å²) in [5.74, 6) is 0.565. The highest BCUT2D eigenvalue weighted by molar-refractivity contribution is 5.95. The molecule has 0 saturated heterocycles. The molecule has 0 fully saturated rings. The molecule has 1 heterocycles. The average molecular weight is 205 g/mol. The van der Waals surface area contributed by atoms with Gasteiger partial charge in [0, 0.05) is 24.4 Å². The van der Waals surface area contributed by atoms with E-state index in [-0.39, 0.29) is 11.2 Å². The van der Waals surface area contributed by atoms with Gasteiger partial charge in [-0.1, -0.05) is 27.7 Å². The van der Waals surface area contributed by atoms with Crippen LogP contribution in [0.5, 0.6) is 0 Å². The van der Waals surface area contributed by atoms with Crippen LogP contribution in [0.15, 0.2) is 24.5 Å². The summed E-state index contributed by atoms with van der Waals surface area (Å²) in [4.78, 5) is 15.8. The molecule has 1 aromatic heterocycles. The summed E-state index contributed by atoms with van der Waals surface area (Å²) < 4.78 is 0. The van der Waals surface area contributed by atoms with Crippen molar-refractivity contribution in [2.24, 2.45) is 11.3 Å². The zero-order valence-electron chi connectivity index (χ0n) is 9.95. The average Bonchev–Trinajstić information content (AvgIpc) is 2.17. The van der Waals surface area contributed by atoms with Crippen molar-refractivity contribution >= 4 is 5.78 Å². The van der Waals surface area contributed by atoms with Gasteiger partial charge in [-0.3, -0.25) is 9.78 Å². The lowest BCUT2D eigenvalue weighted by Gasteiger charge is -2.26. The highest BCUT2D eigenvalue weighted by atomic mass is 16.1. The quantitative estimate of drug-likeness (QED) is 0.708. The maximum atomic E-state index is 11.9. The molecule has 0 amide bonds. The molecular formula is C13H19NO. The molecule has 1 atom stereocenters. The number of rotatable bonds is 3. The minimum Gasteiger partial charge on any atom is -0.294 e. The lowest BCUT2D eigenvalue weighted by molar-refractivity contribution is 0.0927. The summed E-state index contributed by atoms with van der Waals surface area (Å²) in [6.45, 7) is 8.60. The van der Waals surface area contributed by atoms with Gasteiger partial charge in [0.15, 0.2) is 5.78 Å². The lowest BCUT2D eigenvalue weighted by atomic mass is 9.79. The number of carbonyl (C=O) groups excluding carboxylic acids is 1. The minimum atomic E-state index is 0.178. The molecule has 0 aliphatic carbocycles. The molecule has 0 saturated carbocycles. The van der Waals surface area contributed by atoms with Crippen molar-refractivity contribution in [3.8, 4) is 0 Å². The Kier molecular flexibility index (Phi) is 3.61. The second-order valence-electron chi connectivity index (χ2n) is 5.14. The first kappa shape index (κ1) is 11.9. The molecule has 1 rings (SSSR count). The number of ketones is 1. The number of Topliss-reactive ketones (excluding diaryl/α,β-unsaturated/α-hetero) is 1. The van der Waals surface area contributed by atoms with Gasteiger partial charge in [0.1, 0.15) is 0 Å². The van der Waals surface area contributed by atoms with Gasteiger partial charge < -0.3 is 0 Å². The molecule has 15 heavy (non-hydrogen) atoms. The van der Waals surface area contributed by atoms with Gasteiger partial charge in [-0.25, -0.2) is 0 Å². The summed E-state index contributed by atoms with van der Waals surface area (Å²) in [5, 5.41) is 0. The van der Waals surface area contributed by atoms with Crippen LogP contribution in [0.2, 0.25) is 0 Å². The molecule has 0 radical (unpaired) electrons.